The second kappa shape index (κ2) is 6.75. The molecule has 17 heavy (non-hydrogen) atoms. The molecule has 0 radical (unpaired) electrons. The van der Waals surface area contributed by atoms with E-state index in [2.05, 4.69) is 17.4 Å². The van der Waals surface area contributed by atoms with Crippen LogP contribution in [-0.4, -0.2) is 24.7 Å². The average Bonchev–Trinajstić information content (AvgIpc) is 2.38. The maximum atomic E-state index is 8.40. The first-order valence-corrected chi connectivity index (χ1v) is 5.51. The highest BCUT2D eigenvalue weighted by molar-refractivity contribution is 5.79. The number of nitrogens with two attached hydrogens (primary N) is 1. The number of benzene rings is 1. The first kappa shape index (κ1) is 13.3. The lowest BCUT2D eigenvalue weighted by atomic mass is 10.1. The molecule has 1 unspecified atom stereocenters. The van der Waals surface area contributed by atoms with Crippen LogP contribution in [0.4, 0.5) is 0 Å². The molecule has 0 saturated carbocycles. The van der Waals surface area contributed by atoms with E-state index in [1.807, 2.05) is 24.3 Å². The second-order valence-corrected chi connectivity index (χ2v) is 3.79. The number of nitrogens with one attached hydrogen (secondary N) is 1. The molecule has 0 aliphatic heterocycles. The Morgan fingerprint density at radius 3 is 2.65 bits per heavy atom. The highest BCUT2D eigenvalue weighted by atomic mass is 16.5. The van der Waals surface area contributed by atoms with Gasteiger partial charge >= 0.3 is 0 Å². The largest absolute Gasteiger partial charge is 0.497 e. The van der Waals surface area contributed by atoms with E-state index < -0.39 is 0 Å². The van der Waals surface area contributed by atoms with Crippen LogP contribution in [0.2, 0.25) is 0 Å². The molecule has 1 atom stereocenters. The monoisotopic (exact) mass is 237 g/mol. The molecule has 5 nitrogen and oxygen atoms in total. The minimum atomic E-state index is 0.215. The summed E-state index contributed by atoms with van der Waals surface area (Å²) in [5.74, 6) is 1.08. The fourth-order valence-corrected chi connectivity index (χ4v) is 1.48. The lowest BCUT2D eigenvalue weighted by Gasteiger charge is -2.14. The van der Waals surface area contributed by atoms with E-state index in [0.717, 1.165) is 5.75 Å². The van der Waals surface area contributed by atoms with E-state index in [1.54, 1.807) is 7.11 Å². The Hall–Kier alpha value is -1.75. The number of amidine groups is 1. The van der Waals surface area contributed by atoms with Crippen molar-refractivity contribution in [3.05, 3.63) is 29.8 Å². The van der Waals surface area contributed by atoms with Crippen LogP contribution in [0.5, 0.6) is 5.75 Å². The number of nitrogens with zero attached hydrogens (tertiary/aromatic N) is 1. The van der Waals surface area contributed by atoms with Crippen LogP contribution >= 0.6 is 0 Å². The van der Waals surface area contributed by atoms with Gasteiger partial charge in [-0.15, -0.1) is 0 Å². The highest BCUT2D eigenvalue weighted by Gasteiger charge is 2.04. The van der Waals surface area contributed by atoms with Crippen LogP contribution < -0.4 is 15.8 Å². The van der Waals surface area contributed by atoms with Crippen molar-refractivity contribution in [2.45, 2.75) is 19.4 Å². The molecule has 0 amide bonds. The predicted molar refractivity (Wildman–Crippen MR) is 67.4 cm³/mol. The van der Waals surface area contributed by atoms with Crippen molar-refractivity contribution < 1.29 is 9.94 Å². The van der Waals surface area contributed by atoms with Crippen LogP contribution in [0.25, 0.3) is 0 Å². The van der Waals surface area contributed by atoms with E-state index in [0.29, 0.717) is 13.0 Å². The maximum Gasteiger partial charge on any atom is 0.140 e. The summed E-state index contributed by atoms with van der Waals surface area (Å²) in [5.41, 5.74) is 6.55. The van der Waals surface area contributed by atoms with Gasteiger partial charge in [0.15, 0.2) is 0 Å². The van der Waals surface area contributed by atoms with Gasteiger partial charge in [0.2, 0.25) is 0 Å². The third-order valence-corrected chi connectivity index (χ3v) is 2.58. The Morgan fingerprint density at radius 1 is 1.47 bits per heavy atom. The van der Waals surface area contributed by atoms with Crippen molar-refractivity contribution in [3.8, 4) is 5.75 Å². The first-order valence-electron chi connectivity index (χ1n) is 5.51. The Labute approximate surface area is 101 Å². The molecule has 0 spiro atoms. The summed E-state index contributed by atoms with van der Waals surface area (Å²) >= 11 is 0. The average molecular weight is 237 g/mol. The second-order valence-electron chi connectivity index (χ2n) is 3.79. The molecule has 0 saturated heterocycles. The Balaban J connectivity index is 2.43. The fourth-order valence-electron chi connectivity index (χ4n) is 1.48. The zero-order valence-electron chi connectivity index (χ0n) is 10.2. The van der Waals surface area contributed by atoms with Crippen molar-refractivity contribution in [1.82, 2.24) is 5.32 Å². The summed E-state index contributed by atoms with van der Waals surface area (Å²) in [6, 6.07) is 8.10. The fraction of sp³-hybridized carbons (Fsp3) is 0.417. The van der Waals surface area contributed by atoms with Gasteiger partial charge in [-0.2, -0.15) is 0 Å². The number of oxime groups is 1. The van der Waals surface area contributed by atoms with Gasteiger partial charge in [0.05, 0.1) is 7.11 Å². The molecule has 1 aromatic carbocycles. The predicted octanol–water partition coefficient (Wildman–Crippen LogP) is 1.48. The molecule has 4 N–H and O–H groups in total. The number of rotatable bonds is 6. The van der Waals surface area contributed by atoms with Crippen molar-refractivity contribution >= 4 is 5.84 Å². The quantitative estimate of drug-likeness (QED) is 0.303. The molecule has 0 aliphatic rings. The SMILES string of the molecule is COc1ccc(C(C)NCCC(N)=NO)cc1. The topological polar surface area (TPSA) is 79.9 Å². The maximum absolute atomic E-state index is 8.40. The standard InChI is InChI=1S/C12H19N3O2/c1-9(14-8-7-12(13)15-16)10-3-5-11(17-2)6-4-10/h3-6,9,14,16H,7-8H2,1-2H3,(H2,13,15). The van der Waals surface area contributed by atoms with Gasteiger partial charge in [0.25, 0.3) is 0 Å². The number of hydrogen-bond acceptors (Lipinski definition) is 4. The Morgan fingerprint density at radius 2 is 2.12 bits per heavy atom. The summed E-state index contributed by atoms with van der Waals surface area (Å²) in [6.07, 6.45) is 0.525. The molecule has 1 aromatic rings. The summed E-state index contributed by atoms with van der Waals surface area (Å²) in [6.45, 7) is 2.73. The lowest BCUT2D eigenvalue weighted by molar-refractivity contribution is 0.316. The molecule has 1 rings (SSSR count). The molecule has 0 aliphatic carbocycles. The van der Waals surface area contributed by atoms with Crippen LogP contribution in [0, 0.1) is 0 Å². The molecular weight excluding hydrogens is 218 g/mol. The van der Waals surface area contributed by atoms with Crippen LogP contribution in [-0.2, 0) is 0 Å². The molecular formula is C12H19N3O2. The van der Waals surface area contributed by atoms with Crippen LogP contribution in [0.15, 0.2) is 29.4 Å². The molecule has 5 heteroatoms. The smallest absolute Gasteiger partial charge is 0.140 e. The van der Waals surface area contributed by atoms with Crippen molar-refractivity contribution in [2.24, 2.45) is 10.9 Å². The van der Waals surface area contributed by atoms with E-state index in [9.17, 15) is 0 Å². The summed E-state index contributed by atoms with van der Waals surface area (Å²) in [4.78, 5) is 0. The summed E-state index contributed by atoms with van der Waals surface area (Å²) in [5, 5.41) is 14.6. The van der Waals surface area contributed by atoms with E-state index >= 15 is 0 Å². The third kappa shape index (κ3) is 4.32. The zero-order valence-corrected chi connectivity index (χ0v) is 10.2. The minimum Gasteiger partial charge on any atom is -0.497 e. The molecule has 0 fully saturated rings. The van der Waals surface area contributed by atoms with Gasteiger partial charge in [-0.1, -0.05) is 17.3 Å². The summed E-state index contributed by atoms with van der Waals surface area (Å²) in [7, 11) is 1.65. The molecule has 0 aromatic heterocycles. The molecule has 94 valence electrons. The Kier molecular flexibility index (Phi) is 5.29. The van der Waals surface area contributed by atoms with Gasteiger partial charge in [-0.05, 0) is 24.6 Å². The number of ether oxygens (including phenoxy) is 1. The number of methoxy groups -OCH3 is 1. The van der Waals surface area contributed by atoms with Gasteiger partial charge in [-0.3, -0.25) is 0 Å². The van der Waals surface area contributed by atoms with Crippen LogP contribution in [0.1, 0.15) is 24.9 Å². The van der Waals surface area contributed by atoms with Gasteiger partial charge < -0.3 is 21.0 Å². The third-order valence-electron chi connectivity index (χ3n) is 2.58. The van der Waals surface area contributed by atoms with Gasteiger partial charge in [0, 0.05) is 19.0 Å². The first-order chi connectivity index (χ1) is 8.17. The van der Waals surface area contributed by atoms with Gasteiger partial charge in [-0.25, -0.2) is 0 Å². The van der Waals surface area contributed by atoms with Gasteiger partial charge in [0.1, 0.15) is 11.6 Å². The normalized spacial score (nSPS) is 13.4. The summed E-state index contributed by atoms with van der Waals surface area (Å²) < 4.78 is 5.10. The molecule has 0 bridgehead atoms. The van der Waals surface area contributed by atoms with Crippen LogP contribution in [0.3, 0.4) is 0 Å². The highest BCUT2D eigenvalue weighted by Crippen LogP contribution is 2.16. The van der Waals surface area contributed by atoms with E-state index in [1.165, 1.54) is 5.56 Å². The minimum absolute atomic E-state index is 0.215. The van der Waals surface area contributed by atoms with Crippen molar-refractivity contribution in [1.29, 1.82) is 0 Å². The Bertz CT molecular complexity index is 363. The van der Waals surface area contributed by atoms with Crippen molar-refractivity contribution in [3.63, 3.8) is 0 Å². The van der Waals surface area contributed by atoms with Crippen molar-refractivity contribution in [2.75, 3.05) is 13.7 Å². The zero-order chi connectivity index (χ0) is 12.7. The van der Waals surface area contributed by atoms with E-state index in [-0.39, 0.29) is 11.9 Å². The van der Waals surface area contributed by atoms with E-state index in [4.69, 9.17) is 15.7 Å². The molecule has 0 heterocycles. The number of hydrogen-bond donors (Lipinski definition) is 3. The lowest BCUT2D eigenvalue weighted by Crippen LogP contribution is -2.24.